The first-order chi connectivity index (χ1) is 10.7. The van der Waals surface area contributed by atoms with Crippen molar-refractivity contribution in [3.63, 3.8) is 0 Å². The zero-order valence-corrected chi connectivity index (χ0v) is 14.5. The number of nitrogens with one attached hydrogen (secondary N) is 1. The number of hydrogen-bond donors (Lipinski definition) is 1. The van der Waals surface area contributed by atoms with Gasteiger partial charge in [0.2, 0.25) is 5.95 Å². The molecular formula is C16H21BrN4O. The SMILES string of the molecule is CCN(CC)CCOc1ccc(Nc2ncc(Br)cn2)cc1. The fourth-order valence-corrected chi connectivity index (χ4v) is 2.18. The van der Waals surface area contributed by atoms with E-state index in [9.17, 15) is 0 Å². The van der Waals surface area contributed by atoms with Crippen molar-refractivity contribution in [3.05, 3.63) is 41.1 Å². The number of hydrogen-bond acceptors (Lipinski definition) is 5. The van der Waals surface area contributed by atoms with Gasteiger partial charge in [-0.2, -0.15) is 0 Å². The lowest BCUT2D eigenvalue weighted by Gasteiger charge is -2.18. The molecule has 2 rings (SSSR count). The second-order valence-corrected chi connectivity index (χ2v) is 5.67. The quantitative estimate of drug-likeness (QED) is 0.773. The van der Waals surface area contributed by atoms with Gasteiger partial charge in [-0.05, 0) is 53.3 Å². The van der Waals surface area contributed by atoms with Gasteiger partial charge in [-0.25, -0.2) is 9.97 Å². The Morgan fingerprint density at radius 1 is 1.09 bits per heavy atom. The van der Waals surface area contributed by atoms with E-state index in [2.05, 4.69) is 50.0 Å². The molecule has 0 radical (unpaired) electrons. The fourth-order valence-electron chi connectivity index (χ4n) is 1.97. The van der Waals surface area contributed by atoms with Crippen molar-refractivity contribution in [1.82, 2.24) is 14.9 Å². The third kappa shape index (κ3) is 5.27. The highest BCUT2D eigenvalue weighted by Gasteiger charge is 2.01. The standard InChI is InChI=1S/C16H21BrN4O/c1-3-21(4-2)9-10-22-15-7-5-14(6-8-15)20-16-18-11-13(17)12-19-16/h5-8,11-12H,3-4,9-10H2,1-2H3,(H,18,19,20). The number of likely N-dealkylation sites (N-methyl/N-ethyl adjacent to an activating group) is 1. The van der Waals surface area contributed by atoms with Crippen LogP contribution in [-0.2, 0) is 0 Å². The van der Waals surface area contributed by atoms with E-state index < -0.39 is 0 Å². The number of nitrogens with zero attached hydrogens (tertiary/aromatic N) is 3. The number of anilines is 2. The maximum Gasteiger partial charge on any atom is 0.227 e. The third-order valence-electron chi connectivity index (χ3n) is 3.30. The first-order valence-corrected chi connectivity index (χ1v) is 8.20. The molecule has 1 aromatic heterocycles. The van der Waals surface area contributed by atoms with Crippen LogP contribution in [0.2, 0.25) is 0 Å². The smallest absolute Gasteiger partial charge is 0.227 e. The summed E-state index contributed by atoms with van der Waals surface area (Å²) in [4.78, 5) is 10.7. The molecule has 0 saturated carbocycles. The van der Waals surface area contributed by atoms with Gasteiger partial charge in [-0.1, -0.05) is 13.8 Å². The van der Waals surface area contributed by atoms with Crippen LogP contribution in [0.5, 0.6) is 5.75 Å². The molecule has 1 N–H and O–H groups in total. The van der Waals surface area contributed by atoms with Gasteiger partial charge in [-0.15, -0.1) is 0 Å². The van der Waals surface area contributed by atoms with Crippen LogP contribution in [0.15, 0.2) is 41.1 Å². The molecule has 6 heteroatoms. The average molecular weight is 365 g/mol. The number of ether oxygens (including phenoxy) is 1. The van der Waals surface area contributed by atoms with Gasteiger partial charge in [0.1, 0.15) is 12.4 Å². The molecule has 0 amide bonds. The topological polar surface area (TPSA) is 50.3 Å². The van der Waals surface area contributed by atoms with Crippen molar-refractivity contribution in [2.75, 3.05) is 31.6 Å². The Hall–Kier alpha value is -1.66. The Morgan fingerprint density at radius 2 is 1.73 bits per heavy atom. The molecule has 1 heterocycles. The van der Waals surface area contributed by atoms with Crippen LogP contribution in [0.1, 0.15) is 13.8 Å². The molecule has 5 nitrogen and oxygen atoms in total. The van der Waals surface area contributed by atoms with Crippen molar-refractivity contribution >= 4 is 27.6 Å². The van der Waals surface area contributed by atoms with Crippen LogP contribution in [-0.4, -0.2) is 41.1 Å². The summed E-state index contributed by atoms with van der Waals surface area (Å²) < 4.78 is 6.61. The van der Waals surface area contributed by atoms with Gasteiger partial charge in [0.15, 0.2) is 0 Å². The van der Waals surface area contributed by atoms with Crippen LogP contribution >= 0.6 is 15.9 Å². The molecule has 0 atom stereocenters. The summed E-state index contributed by atoms with van der Waals surface area (Å²) in [6.07, 6.45) is 3.42. The van der Waals surface area contributed by atoms with Crippen LogP contribution in [0.3, 0.4) is 0 Å². The maximum atomic E-state index is 5.75. The van der Waals surface area contributed by atoms with E-state index in [-0.39, 0.29) is 0 Å². The molecule has 2 aromatic rings. The van der Waals surface area contributed by atoms with E-state index in [0.717, 1.165) is 35.5 Å². The summed E-state index contributed by atoms with van der Waals surface area (Å²) in [5.74, 6) is 1.44. The molecule has 0 unspecified atom stereocenters. The number of benzene rings is 1. The molecule has 22 heavy (non-hydrogen) atoms. The fraction of sp³-hybridized carbons (Fsp3) is 0.375. The molecule has 0 saturated heterocycles. The first kappa shape index (κ1) is 16.7. The predicted molar refractivity (Wildman–Crippen MR) is 92.7 cm³/mol. The molecule has 1 aromatic carbocycles. The zero-order valence-electron chi connectivity index (χ0n) is 12.9. The van der Waals surface area contributed by atoms with E-state index in [0.29, 0.717) is 12.6 Å². The number of rotatable bonds is 8. The van der Waals surface area contributed by atoms with E-state index in [1.54, 1.807) is 12.4 Å². The lowest BCUT2D eigenvalue weighted by atomic mass is 10.3. The van der Waals surface area contributed by atoms with Gasteiger partial charge < -0.3 is 15.0 Å². The van der Waals surface area contributed by atoms with Crippen molar-refractivity contribution in [1.29, 1.82) is 0 Å². The molecule has 0 fully saturated rings. The van der Waals surface area contributed by atoms with Gasteiger partial charge in [0.25, 0.3) is 0 Å². The Kier molecular flexibility index (Phi) is 6.61. The molecule has 0 aliphatic heterocycles. The van der Waals surface area contributed by atoms with E-state index in [4.69, 9.17) is 4.74 Å². The molecule has 0 aliphatic carbocycles. The highest BCUT2D eigenvalue weighted by atomic mass is 79.9. The lowest BCUT2D eigenvalue weighted by Crippen LogP contribution is -2.27. The summed E-state index contributed by atoms with van der Waals surface area (Å²) in [5, 5.41) is 3.14. The van der Waals surface area contributed by atoms with Crippen molar-refractivity contribution in [2.45, 2.75) is 13.8 Å². The summed E-state index contributed by atoms with van der Waals surface area (Å²) >= 11 is 3.31. The van der Waals surface area contributed by atoms with Crippen molar-refractivity contribution < 1.29 is 4.74 Å². The number of aromatic nitrogens is 2. The molecule has 0 aliphatic rings. The predicted octanol–water partition coefficient (Wildman–Crippen LogP) is 3.70. The highest BCUT2D eigenvalue weighted by molar-refractivity contribution is 9.10. The normalized spacial score (nSPS) is 10.7. The second-order valence-electron chi connectivity index (χ2n) is 4.75. The van der Waals surface area contributed by atoms with Crippen LogP contribution in [0.25, 0.3) is 0 Å². The van der Waals surface area contributed by atoms with E-state index in [1.165, 1.54) is 0 Å². The van der Waals surface area contributed by atoms with Gasteiger partial charge >= 0.3 is 0 Å². The molecule has 0 spiro atoms. The van der Waals surface area contributed by atoms with E-state index >= 15 is 0 Å². The summed E-state index contributed by atoms with van der Waals surface area (Å²) in [5.41, 5.74) is 0.929. The largest absolute Gasteiger partial charge is 0.492 e. The Balaban J connectivity index is 1.83. The Morgan fingerprint density at radius 3 is 2.32 bits per heavy atom. The average Bonchev–Trinajstić information content (AvgIpc) is 2.55. The van der Waals surface area contributed by atoms with Crippen LogP contribution in [0.4, 0.5) is 11.6 Å². The summed E-state index contributed by atoms with van der Waals surface area (Å²) in [6.45, 7) is 8.07. The maximum absolute atomic E-state index is 5.75. The minimum Gasteiger partial charge on any atom is -0.492 e. The van der Waals surface area contributed by atoms with Crippen molar-refractivity contribution in [3.8, 4) is 5.75 Å². The molecule has 118 valence electrons. The highest BCUT2D eigenvalue weighted by Crippen LogP contribution is 2.18. The third-order valence-corrected chi connectivity index (χ3v) is 3.71. The molecular weight excluding hydrogens is 344 g/mol. The van der Waals surface area contributed by atoms with Crippen molar-refractivity contribution in [2.24, 2.45) is 0 Å². The first-order valence-electron chi connectivity index (χ1n) is 7.41. The minimum atomic E-state index is 0.568. The second kappa shape index (κ2) is 8.70. The monoisotopic (exact) mass is 364 g/mol. The summed E-state index contributed by atoms with van der Waals surface area (Å²) in [7, 11) is 0. The van der Waals surface area contributed by atoms with Gasteiger partial charge in [0, 0.05) is 24.6 Å². The molecule has 0 bridgehead atoms. The lowest BCUT2D eigenvalue weighted by molar-refractivity contribution is 0.223. The van der Waals surface area contributed by atoms with Gasteiger partial charge in [0.05, 0.1) is 4.47 Å². The van der Waals surface area contributed by atoms with Gasteiger partial charge in [-0.3, -0.25) is 0 Å². The zero-order chi connectivity index (χ0) is 15.8. The summed E-state index contributed by atoms with van der Waals surface area (Å²) in [6, 6.07) is 7.81. The number of halogens is 1. The Bertz CT molecular complexity index is 555. The van der Waals surface area contributed by atoms with Crippen LogP contribution in [0, 0.1) is 0 Å². The van der Waals surface area contributed by atoms with E-state index in [1.807, 2.05) is 24.3 Å². The Labute approximate surface area is 139 Å². The minimum absolute atomic E-state index is 0.568. The van der Waals surface area contributed by atoms with Crippen LogP contribution < -0.4 is 10.1 Å².